The van der Waals surface area contributed by atoms with Crippen molar-refractivity contribution in [2.24, 2.45) is 0 Å². The highest BCUT2D eigenvalue weighted by molar-refractivity contribution is 7.44. The third-order valence-corrected chi connectivity index (χ3v) is 4.48. The van der Waals surface area contributed by atoms with Gasteiger partial charge in [-0.25, -0.2) is 0 Å². The van der Waals surface area contributed by atoms with Crippen molar-refractivity contribution in [3.05, 3.63) is 48.5 Å². The summed E-state index contributed by atoms with van der Waals surface area (Å²) in [6.07, 6.45) is 0. The first-order valence-corrected chi connectivity index (χ1v) is 6.31. The minimum Gasteiger partial charge on any atom is -0.455 e. The van der Waals surface area contributed by atoms with E-state index in [1.54, 1.807) is 0 Å². The molecule has 1 atom stereocenters. The molecule has 1 unspecified atom stereocenters. The molecule has 0 aliphatic rings. The summed E-state index contributed by atoms with van der Waals surface area (Å²) in [5, 5.41) is 5.32. The van der Waals surface area contributed by atoms with E-state index in [0.717, 1.165) is 19.4 Å². The van der Waals surface area contributed by atoms with E-state index in [1.165, 1.54) is 21.0 Å². The third-order valence-electron chi connectivity index (χ3n) is 3.03. The molecule has 2 heterocycles. The van der Waals surface area contributed by atoms with Crippen LogP contribution in [-0.4, -0.2) is 0 Å². The summed E-state index contributed by atoms with van der Waals surface area (Å²) in [4.78, 5) is 0. The van der Waals surface area contributed by atoms with Crippen molar-refractivity contribution in [2.45, 2.75) is 0 Å². The minimum absolute atomic E-state index is 0.735. The predicted octanol–water partition coefficient (Wildman–Crippen LogP) is 4.77. The minimum atomic E-state index is 0.735. The van der Waals surface area contributed by atoms with Crippen LogP contribution >= 0.6 is 8.19 Å². The molecule has 0 aliphatic carbocycles. The van der Waals surface area contributed by atoms with E-state index in [1.807, 2.05) is 12.1 Å². The van der Waals surface area contributed by atoms with Crippen molar-refractivity contribution in [3.8, 4) is 0 Å². The van der Waals surface area contributed by atoms with Crippen LogP contribution < -0.4 is 0 Å². The number of rotatable bonds is 0. The number of benzene rings is 2. The highest BCUT2D eigenvalue weighted by Crippen LogP contribution is 2.43. The van der Waals surface area contributed by atoms with Crippen LogP contribution in [0.15, 0.2) is 52.9 Å². The topological polar surface area (TPSA) is 13.1 Å². The van der Waals surface area contributed by atoms with E-state index < -0.39 is 0 Å². The van der Waals surface area contributed by atoms with Crippen molar-refractivity contribution >= 4 is 40.4 Å². The second-order valence-electron chi connectivity index (χ2n) is 3.97. The van der Waals surface area contributed by atoms with Crippen LogP contribution in [0.1, 0.15) is 0 Å². The molecular weight excluding hydrogens is 215 g/mol. The Bertz CT molecular complexity index is 737. The molecule has 0 bridgehead atoms. The Labute approximate surface area is 93.8 Å². The molecule has 0 amide bonds. The van der Waals surface area contributed by atoms with Gasteiger partial charge in [-0.05, 0) is 6.07 Å². The van der Waals surface area contributed by atoms with Gasteiger partial charge in [-0.3, -0.25) is 0 Å². The van der Waals surface area contributed by atoms with Gasteiger partial charge in [0.1, 0.15) is 11.2 Å². The largest absolute Gasteiger partial charge is 0.455 e. The van der Waals surface area contributed by atoms with Crippen LogP contribution in [0.4, 0.5) is 0 Å². The standard InChI is InChI=1S/C14H9OP/c1-3-7-11-9(5-1)14-13(15-11)10-6-2-4-8-12(10)16-14/h1-8,16H. The van der Waals surface area contributed by atoms with Gasteiger partial charge in [-0.1, -0.05) is 42.5 Å². The third kappa shape index (κ3) is 0.963. The van der Waals surface area contributed by atoms with Gasteiger partial charge in [0.25, 0.3) is 0 Å². The van der Waals surface area contributed by atoms with Gasteiger partial charge < -0.3 is 4.42 Å². The quantitative estimate of drug-likeness (QED) is 0.419. The van der Waals surface area contributed by atoms with Crippen LogP contribution in [0, 0.1) is 0 Å². The summed E-state index contributed by atoms with van der Waals surface area (Å²) in [7, 11) is 0.735. The van der Waals surface area contributed by atoms with Crippen molar-refractivity contribution in [2.75, 3.05) is 0 Å². The van der Waals surface area contributed by atoms with Crippen LogP contribution in [0.2, 0.25) is 0 Å². The number of hydrogen-bond acceptors (Lipinski definition) is 1. The van der Waals surface area contributed by atoms with E-state index in [0.29, 0.717) is 0 Å². The number of furan rings is 1. The average molecular weight is 224 g/mol. The Hall–Kier alpha value is -1.72. The summed E-state index contributed by atoms with van der Waals surface area (Å²) in [6.45, 7) is 0. The van der Waals surface area contributed by atoms with Crippen LogP contribution in [-0.2, 0) is 0 Å². The lowest BCUT2D eigenvalue weighted by Crippen LogP contribution is -1.60. The Morgan fingerprint density at radius 3 is 2.50 bits per heavy atom. The molecule has 2 heteroatoms. The van der Waals surface area contributed by atoms with Crippen molar-refractivity contribution in [3.63, 3.8) is 0 Å². The molecule has 16 heavy (non-hydrogen) atoms. The maximum absolute atomic E-state index is 5.94. The fraction of sp³-hybridized carbons (Fsp3) is 0. The van der Waals surface area contributed by atoms with Crippen LogP contribution in [0.5, 0.6) is 0 Å². The monoisotopic (exact) mass is 224 g/mol. The number of hydrogen-bond donors (Lipinski definition) is 0. The summed E-state index contributed by atoms with van der Waals surface area (Å²) in [5.41, 5.74) is 2.09. The molecule has 2 aromatic heterocycles. The van der Waals surface area contributed by atoms with Gasteiger partial charge in [-0.2, -0.15) is 0 Å². The smallest absolute Gasteiger partial charge is 0.147 e. The van der Waals surface area contributed by atoms with Gasteiger partial charge >= 0.3 is 0 Å². The van der Waals surface area contributed by atoms with E-state index in [4.69, 9.17) is 4.42 Å². The zero-order valence-electron chi connectivity index (χ0n) is 8.53. The van der Waals surface area contributed by atoms with Crippen LogP contribution in [0.3, 0.4) is 0 Å². The molecule has 0 radical (unpaired) electrons. The van der Waals surface area contributed by atoms with E-state index in [9.17, 15) is 0 Å². The number of fused-ring (bicyclic) bond motifs is 5. The molecule has 0 fully saturated rings. The first-order valence-electron chi connectivity index (χ1n) is 5.31. The SMILES string of the molecule is c1ccc2c(c1)oc1c3ccccc3[pH]c21. The zero-order chi connectivity index (χ0) is 10.5. The van der Waals surface area contributed by atoms with Crippen molar-refractivity contribution < 1.29 is 4.42 Å². The van der Waals surface area contributed by atoms with E-state index >= 15 is 0 Å². The van der Waals surface area contributed by atoms with E-state index in [2.05, 4.69) is 36.4 Å². The fourth-order valence-corrected chi connectivity index (χ4v) is 3.70. The van der Waals surface area contributed by atoms with Gasteiger partial charge in [0.15, 0.2) is 0 Å². The predicted molar refractivity (Wildman–Crippen MR) is 70.7 cm³/mol. The molecule has 1 nitrogen and oxygen atoms in total. The lowest BCUT2D eigenvalue weighted by Gasteiger charge is -1.88. The molecule has 0 N–H and O–H groups in total. The molecule has 0 aliphatic heterocycles. The highest BCUT2D eigenvalue weighted by atomic mass is 31.0. The van der Waals surface area contributed by atoms with Gasteiger partial charge in [0, 0.05) is 21.0 Å². The van der Waals surface area contributed by atoms with Gasteiger partial charge in [0.05, 0.1) is 0 Å². The molecule has 76 valence electrons. The summed E-state index contributed by atoms with van der Waals surface area (Å²) < 4.78 is 5.94. The maximum Gasteiger partial charge on any atom is 0.147 e. The maximum atomic E-state index is 5.94. The normalized spacial score (nSPS) is 12.2. The second kappa shape index (κ2) is 2.90. The van der Waals surface area contributed by atoms with Gasteiger partial charge in [-0.15, -0.1) is 8.19 Å². The lowest BCUT2D eigenvalue weighted by atomic mass is 10.2. The molecule has 4 aromatic rings. The Balaban J connectivity index is 2.35. The number of para-hydroxylation sites is 1. The molecule has 2 aromatic carbocycles. The first-order chi connectivity index (χ1) is 7.93. The Kier molecular flexibility index (Phi) is 1.53. The molecule has 0 saturated carbocycles. The first kappa shape index (κ1) is 8.43. The van der Waals surface area contributed by atoms with Crippen molar-refractivity contribution in [1.82, 2.24) is 0 Å². The van der Waals surface area contributed by atoms with E-state index in [-0.39, 0.29) is 0 Å². The van der Waals surface area contributed by atoms with Crippen molar-refractivity contribution in [1.29, 1.82) is 0 Å². The fourth-order valence-electron chi connectivity index (χ4n) is 2.28. The molecule has 4 rings (SSSR count). The molecule has 0 spiro atoms. The lowest BCUT2D eigenvalue weighted by molar-refractivity contribution is 0.673. The summed E-state index contributed by atoms with van der Waals surface area (Å²) in [5.74, 6) is 0. The zero-order valence-corrected chi connectivity index (χ0v) is 9.53. The summed E-state index contributed by atoms with van der Waals surface area (Å²) in [6, 6.07) is 16.8. The summed E-state index contributed by atoms with van der Waals surface area (Å²) >= 11 is 0. The Morgan fingerprint density at radius 2 is 1.56 bits per heavy atom. The second-order valence-corrected chi connectivity index (χ2v) is 5.26. The molecule has 0 saturated heterocycles. The highest BCUT2D eigenvalue weighted by Gasteiger charge is 2.10. The van der Waals surface area contributed by atoms with Crippen LogP contribution in [0.25, 0.3) is 32.2 Å². The molecular formula is C14H9OP. The van der Waals surface area contributed by atoms with Gasteiger partial charge in [0.2, 0.25) is 0 Å². The Morgan fingerprint density at radius 1 is 0.812 bits per heavy atom. The average Bonchev–Trinajstić information content (AvgIpc) is 2.85.